The zero-order valence-electron chi connectivity index (χ0n) is 17.7. The quantitative estimate of drug-likeness (QED) is 0.624. The predicted octanol–water partition coefficient (Wildman–Crippen LogP) is 2.81. The molecule has 9 heteroatoms. The van der Waals surface area contributed by atoms with Gasteiger partial charge in [0.2, 0.25) is 15.9 Å². The molecule has 2 aromatic rings. The number of aliphatic hydroxyl groups excluding tert-OH is 1. The molecular weight excluding hydrogens is 436 g/mol. The molecule has 1 aliphatic rings. The van der Waals surface area contributed by atoms with Crippen LogP contribution in [0.25, 0.3) is 0 Å². The molecule has 0 saturated carbocycles. The molecule has 0 bridgehead atoms. The van der Waals surface area contributed by atoms with Crippen LogP contribution in [0.5, 0.6) is 0 Å². The highest BCUT2D eigenvalue weighted by Gasteiger charge is 2.28. The molecule has 31 heavy (non-hydrogen) atoms. The fraction of sp³-hybridized carbons (Fsp3) is 0.409. The van der Waals surface area contributed by atoms with Crippen LogP contribution in [0, 0.1) is 6.92 Å². The standard InChI is InChI=1S/C22H28N2O5S2/c1-16-8-9-19(14-21(16)31(27,28)24-10-12-29-13-11-24)23-22(26)17(2)30-15-20(25)18-6-4-3-5-7-18/h3-9,14,17,20,25H,10-13,15H2,1-2H3,(H,23,26). The molecule has 0 radical (unpaired) electrons. The summed E-state index contributed by atoms with van der Waals surface area (Å²) in [4.78, 5) is 12.8. The zero-order valence-corrected chi connectivity index (χ0v) is 19.3. The Labute approximate surface area is 187 Å². The van der Waals surface area contributed by atoms with Crippen molar-refractivity contribution in [2.24, 2.45) is 0 Å². The van der Waals surface area contributed by atoms with Gasteiger partial charge in [0.25, 0.3) is 0 Å². The van der Waals surface area contributed by atoms with Crippen molar-refractivity contribution in [1.29, 1.82) is 0 Å². The van der Waals surface area contributed by atoms with Gasteiger partial charge < -0.3 is 15.2 Å². The van der Waals surface area contributed by atoms with E-state index >= 15 is 0 Å². The molecule has 2 aromatic carbocycles. The van der Waals surface area contributed by atoms with Crippen LogP contribution in [-0.2, 0) is 19.6 Å². The molecule has 2 atom stereocenters. The molecule has 1 fully saturated rings. The third-order valence-corrected chi connectivity index (χ3v) is 8.36. The van der Waals surface area contributed by atoms with Crippen LogP contribution < -0.4 is 5.32 Å². The number of aryl methyl sites for hydroxylation is 1. The van der Waals surface area contributed by atoms with Crippen molar-refractivity contribution in [2.75, 3.05) is 37.4 Å². The smallest absolute Gasteiger partial charge is 0.243 e. The number of nitrogens with one attached hydrogen (secondary N) is 1. The van der Waals surface area contributed by atoms with Crippen LogP contribution in [0.1, 0.15) is 24.2 Å². The van der Waals surface area contributed by atoms with Crippen LogP contribution in [0.15, 0.2) is 53.4 Å². The van der Waals surface area contributed by atoms with Gasteiger partial charge in [0.15, 0.2) is 0 Å². The van der Waals surface area contributed by atoms with Crippen molar-refractivity contribution in [3.8, 4) is 0 Å². The first kappa shape index (κ1) is 23.7. The summed E-state index contributed by atoms with van der Waals surface area (Å²) in [5, 5.41) is 12.7. The molecule has 2 unspecified atom stereocenters. The molecule has 1 heterocycles. The summed E-state index contributed by atoms with van der Waals surface area (Å²) in [5.74, 6) is 0.132. The first-order chi connectivity index (χ1) is 14.8. The molecule has 1 aliphatic heterocycles. The SMILES string of the molecule is Cc1ccc(NC(=O)C(C)SCC(O)c2ccccc2)cc1S(=O)(=O)N1CCOCC1. The number of carbonyl (C=O) groups is 1. The lowest BCUT2D eigenvalue weighted by Crippen LogP contribution is -2.40. The average molecular weight is 465 g/mol. The summed E-state index contributed by atoms with van der Waals surface area (Å²) in [6.45, 7) is 4.88. The van der Waals surface area contributed by atoms with Gasteiger partial charge in [-0.05, 0) is 37.1 Å². The first-order valence-electron chi connectivity index (χ1n) is 10.1. The number of hydrogen-bond acceptors (Lipinski definition) is 6. The number of thioether (sulfide) groups is 1. The number of sulfonamides is 1. The normalized spacial score (nSPS) is 17.1. The van der Waals surface area contributed by atoms with E-state index < -0.39 is 21.4 Å². The van der Waals surface area contributed by atoms with Crippen LogP contribution in [-0.4, -0.2) is 61.0 Å². The lowest BCUT2D eigenvalue weighted by atomic mass is 10.1. The van der Waals surface area contributed by atoms with Gasteiger partial charge in [0.1, 0.15) is 0 Å². The monoisotopic (exact) mass is 464 g/mol. The van der Waals surface area contributed by atoms with Gasteiger partial charge >= 0.3 is 0 Å². The highest BCUT2D eigenvalue weighted by atomic mass is 32.2. The predicted molar refractivity (Wildman–Crippen MR) is 123 cm³/mol. The van der Waals surface area contributed by atoms with E-state index in [1.165, 1.54) is 22.1 Å². The van der Waals surface area contributed by atoms with E-state index in [0.29, 0.717) is 43.3 Å². The lowest BCUT2D eigenvalue weighted by molar-refractivity contribution is -0.115. The summed E-state index contributed by atoms with van der Waals surface area (Å²) in [6, 6.07) is 14.2. The lowest BCUT2D eigenvalue weighted by Gasteiger charge is -2.27. The summed E-state index contributed by atoms with van der Waals surface area (Å²) >= 11 is 1.34. The van der Waals surface area contributed by atoms with Gasteiger partial charge in [0.05, 0.1) is 29.5 Å². The largest absolute Gasteiger partial charge is 0.388 e. The number of anilines is 1. The van der Waals surface area contributed by atoms with Gasteiger partial charge in [-0.2, -0.15) is 4.31 Å². The Balaban J connectivity index is 1.64. The number of hydrogen-bond donors (Lipinski definition) is 2. The van der Waals surface area contributed by atoms with E-state index in [-0.39, 0.29) is 10.8 Å². The van der Waals surface area contributed by atoms with Crippen LogP contribution >= 0.6 is 11.8 Å². The molecule has 1 saturated heterocycles. The molecule has 0 spiro atoms. The Morgan fingerprint density at radius 3 is 2.55 bits per heavy atom. The number of carbonyl (C=O) groups excluding carboxylic acids is 1. The second-order valence-corrected chi connectivity index (χ2v) is 10.7. The number of morpholine rings is 1. The maximum Gasteiger partial charge on any atom is 0.243 e. The average Bonchev–Trinajstić information content (AvgIpc) is 2.79. The second kappa shape index (κ2) is 10.6. The highest BCUT2D eigenvalue weighted by Crippen LogP contribution is 2.26. The molecule has 2 N–H and O–H groups in total. The molecule has 0 aliphatic carbocycles. The molecule has 7 nitrogen and oxygen atoms in total. The van der Waals surface area contributed by atoms with Gasteiger partial charge in [-0.1, -0.05) is 36.4 Å². The molecular formula is C22H28N2O5S2. The number of nitrogens with zero attached hydrogens (tertiary/aromatic N) is 1. The minimum Gasteiger partial charge on any atom is -0.388 e. The topological polar surface area (TPSA) is 95.9 Å². The Morgan fingerprint density at radius 2 is 1.87 bits per heavy atom. The maximum atomic E-state index is 13.0. The van der Waals surface area contributed by atoms with E-state index in [0.717, 1.165) is 5.56 Å². The fourth-order valence-electron chi connectivity index (χ4n) is 3.21. The summed E-state index contributed by atoms with van der Waals surface area (Å²) in [7, 11) is -3.66. The van der Waals surface area contributed by atoms with Crippen molar-refractivity contribution in [3.05, 3.63) is 59.7 Å². The van der Waals surface area contributed by atoms with Crippen LogP contribution in [0.2, 0.25) is 0 Å². The van der Waals surface area contributed by atoms with E-state index in [9.17, 15) is 18.3 Å². The van der Waals surface area contributed by atoms with E-state index in [4.69, 9.17) is 4.74 Å². The van der Waals surface area contributed by atoms with Crippen molar-refractivity contribution in [3.63, 3.8) is 0 Å². The van der Waals surface area contributed by atoms with Gasteiger partial charge in [-0.3, -0.25) is 4.79 Å². The van der Waals surface area contributed by atoms with Crippen LogP contribution in [0.3, 0.4) is 0 Å². The molecule has 3 rings (SSSR count). The summed E-state index contributed by atoms with van der Waals surface area (Å²) < 4.78 is 32.7. The number of aliphatic hydroxyl groups is 1. The Kier molecular flexibility index (Phi) is 8.12. The van der Waals surface area contributed by atoms with Gasteiger partial charge in [-0.15, -0.1) is 11.8 Å². The number of rotatable bonds is 8. The van der Waals surface area contributed by atoms with Gasteiger partial charge in [-0.25, -0.2) is 8.42 Å². The Morgan fingerprint density at radius 1 is 1.19 bits per heavy atom. The minimum atomic E-state index is -3.66. The highest BCUT2D eigenvalue weighted by molar-refractivity contribution is 8.00. The minimum absolute atomic E-state index is 0.187. The maximum absolute atomic E-state index is 13.0. The van der Waals surface area contributed by atoms with Crippen molar-refractivity contribution >= 4 is 33.4 Å². The van der Waals surface area contributed by atoms with E-state index in [1.54, 1.807) is 26.0 Å². The molecule has 168 valence electrons. The third-order valence-electron chi connectivity index (χ3n) is 5.10. The van der Waals surface area contributed by atoms with E-state index in [1.807, 2.05) is 30.3 Å². The van der Waals surface area contributed by atoms with Crippen LogP contribution in [0.4, 0.5) is 5.69 Å². The summed E-state index contributed by atoms with van der Waals surface area (Å²) in [5.41, 5.74) is 1.86. The van der Waals surface area contributed by atoms with Crippen molar-refractivity contribution < 1.29 is 23.1 Å². The number of amides is 1. The first-order valence-corrected chi connectivity index (χ1v) is 12.6. The van der Waals surface area contributed by atoms with E-state index in [2.05, 4.69) is 5.32 Å². The third kappa shape index (κ3) is 6.08. The zero-order chi connectivity index (χ0) is 22.4. The molecule has 0 aromatic heterocycles. The number of ether oxygens (including phenoxy) is 1. The van der Waals surface area contributed by atoms with Crippen molar-refractivity contribution in [1.82, 2.24) is 4.31 Å². The number of benzene rings is 2. The summed E-state index contributed by atoms with van der Waals surface area (Å²) in [6.07, 6.45) is -0.661. The second-order valence-electron chi connectivity index (χ2n) is 7.39. The molecule has 1 amide bonds. The Hall–Kier alpha value is -1.91. The fourth-order valence-corrected chi connectivity index (χ4v) is 5.74. The van der Waals surface area contributed by atoms with Gasteiger partial charge in [0, 0.05) is 24.5 Å². The Bertz CT molecular complexity index is 992. The van der Waals surface area contributed by atoms with Crippen molar-refractivity contribution in [2.45, 2.75) is 30.1 Å².